The molecule has 1 unspecified atom stereocenters. The average Bonchev–Trinajstić information content (AvgIpc) is 3.08. The monoisotopic (exact) mass is 553 g/mol. The van der Waals surface area contributed by atoms with Gasteiger partial charge in [-0.2, -0.15) is 0 Å². The lowest BCUT2D eigenvalue weighted by atomic mass is 9.98. The Morgan fingerprint density at radius 2 is 1.72 bits per heavy atom. The molecule has 0 spiro atoms. The number of ether oxygens (including phenoxy) is 1. The van der Waals surface area contributed by atoms with E-state index in [1.165, 1.54) is 0 Å². The number of rotatable bonds is 4. The lowest BCUT2D eigenvalue weighted by Crippen LogP contribution is -2.29. The van der Waals surface area contributed by atoms with Gasteiger partial charge < -0.3 is 9.15 Å². The Bertz CT molecular complexity index is 1410. The van der Waals surface area contributed by atoms with Crippen LogP contribution >= 0.6 is 31.9 Å². The van der Waals surface area contributed by atoms with E-state index in [2.05, 4.69) is 31.9 Å². The highest BCUT2D eigenvalue weighted by Crippen LogP contribution is 2.42. The number of anilines is 1. The second kappa shape index (κ2) is 8.22. The Balaban J connectivity index is 1.77. The van der Waals surface area contributed by atoms with Gasteiger partial charge in [0.05, 0.1) is 23.6 Å². The van der Waals surface area contributed by atoms with Gasteiger partial charge in [0.1, 0.15) is 11.3 Å². The summed E-state index contributed by atoms with van der Waals surface area (Å²) in [6.07, 6.45) is 0. The molecule has 3 aromatic carbocycles. The van der Waals surface area contributed by atoms with Gasteiger partial charge in [0.25, 0.3) is 5.91 Å². The fraction of sp³-hybridized carbons (Fsp3) is 0.120. The van der Waals surface area contributed by atoms with E-state index < -0.39 is 6.04 Å². The van der Waals surface area contributed by atoms with Crippen molar-refractivity contribution < 1.29 is 13.9 Å². The van der Waals surface area contributed by atoms with Gasteiger partial charge in [-0.1, -0.05) is 50.1 Å². The van der Waals surface area contributed by atoms with Crippen LogP contribution in [-0.2, 0) is 0 Å². The maximum absolute atomic E-state index is 13.6. The molecular weight excluding hydrogens is 538 g/mol. The maximum atomic E-state index is 13.6. The molecule has 160 valence electrons. The standard InChI is InChI=1S/C25H17Br2NO4/c1-2-31-18-9-6-14(7-10-18)22-21-23(29)19-13-16(27)8-11-20(19)32-24(21)25(30)28(22)17-5-3-4-15(26)12-17/h3-13,22H,2H2,1H3. The summed E-state index contributed by atoms with van der Waals surface area (Å²) in [6, 6.07) is 19.5. The quantitative estimate of drug-likeness (QED) is 0.290. The number of hydrogen-bond acceptors (Lipinski definition) is 4. The van der Waals surface area contributed by atoms with Crippen molar-refractivity contribution in [3.8, 4) is 5.75 Å². The number of benzene rings is 3. The van der Waals surface area contributed by atoms with Gasteiger partial charge in [0, 0.05) is 14.6 Å². The summed E-state index contributed by atoms with van der Waals surface area (Å²) in [5.41, 5.74) is 1.96. The van der Waals surface area contributed by atoms with E-state index in [1.54, 1.807) is 23.1 Å². The maximum Gasteiger partial charge on any atom is 0.295 e. The summed E-state index contributed by atoms with van der Waals surface area (Å²) in [7, 11) is 0. The molecule has 0 N–H and O–H groups in total. The number of carbonyl (C=O) groups excluding carboxylic acids is 1. The van der Waals surface area contributed by atoms with Crippen LogP contribution in [0.5, 0.6) is 5.75 Å². The molecular formula is C25H17Br2NO4. The predicted octanol–water partition coefficient (Wildman–Crippen LogP) is 6.47. The van der Waals surface area contributed by atoms with Crippen molar-refractivity contribution in [3.05, 3.63) is 103 Å². The Morgan fingerprint density at radius 3 is 2.44 bits per heavy atom. The van der Waals surface area contributed by atoms with Crippen LogP contribution in [0.1, 0.15) is 34.6 Å². The molecule has 0 saturated carbocycles. The van der Waals surface area contributed by atoms with Crippen molar-refractivity contribution in [3.63, 3.8) is 0 Å². The van der Waals surface area contributed by atoms with E-state index in [0.29, 0.717) is 28.8 Å². The molecule has 1 aromatic heterocycles. The van der Waals surface area contributed by atoms with Crippen LogP contribution in [0.2, 0.25) is 0 Å². The minimum absolute atomic E-state index is 0.0729. The zero-order valence-electron chi connectivity index (χ0n) is 17.0. The van der Waals surface area contributed by atoms with Gasteiger partial charge in [-0.05, 0) is 61.0 Å². The van der Waals surface area contributed by atoms with Gasteiger partial charge in [0.15, 0.2) is 5.43 Å². The van der Waals surface area contributed by atoms with Crippen LogP contribution in [0.15, 0.2) is 84.9 Å². The topological polar surface area (TPSA) is 59.8 Å². The van der Waals surface area contributed by atoms with Crippen LogP contribution < -0.4 is 15.1 Å². The number of halogens is 2. The highest BCUT2D eigenvalue weighted by molar-refractivity contribution is 9.10. The van der Waals surface area contributed by atoms with E-state index >= 15 is 0 Å². The van der Waals surface area contributed by atoms with Gasteiger partial charge in [0.2, 0.25) is 5.76 Å². The lowest BCUT2D eigenvalue weighted by molar-refractivity contribution is 0.0971. The van der Waals surface area contributed by atoms with Crippen LogP contribution in [0.25, 0.3) is 11.0 Å². The Kier molecular flexibility index (Phi) is 5.39. The van der Waals surface area contributed by atoms with Crippen molar-refractivity contribution >= 4 is 54.4 Å². The van der Waals surface area contributed by atoms with Gasteiger partial charge in [-0.3, -0.25) is 14.5 Å². The summed E-state index contributed by atoms with van der Waals surface area (Å²) in [5.74, 6) is 0.451. The fourth-order valence-electron chi connectivity index (χ4n) is 4.07. The Morgan fingerprint density at radius 1 is 0.969 bits per heavy atom. The van der Waals surface area contributed by atoms with Crippen molar-refractivity contribution in [1.82, 2.24) is 0 Å². The molecule has 1 aliphatic rings. The van der Waals surface area contributed by atoms with Crippen LogP contribution in [-0.4, -0.2) is 12.5 Å². The Hall–Kier alpha value is -2.90. The van der Waals surface area contributed by atoms with Crippen molar-refractivity contribution in [2.24, 2.45) is 0 Å². The molecule has 1 amide bonds. The van der Waals surface area contributed by atoms with Crippen molar-refractivity contribution in [2.75, 3.05) is 11.5 Å². The summed E-state index contributed by atoms with van der Waals surface area (Å²) in [6.45, 7) is 2.47. The molecule has 1 atom stereocenters. The third-order valence-electron chi connectivity index (χ3n) is 5.43. The highest BCUT2D eigenvalue weighted by atomic mass is 79.9. The van der Waals surface area contributed by atoms with Crippen LogP contribution in [0.3, 0.4) is 0 Å². The van der Waals surface area contributed by atoms with Gasteiger partial charge >= 0.3 is 0 Å². The molecule has 7 heteroatoms. The third kappa shape index (κ3) is 3.45. The first-order valence-electron chi connectivity index (χ1n) is 10.1. The summed E-state index contributed by atoms with van der Waals surface area (Å²) in [4.78, 5) is 28.8. The minimum Gasteiger partial charge on any atom is -0.494 e. The Labute approximate surface area is 200 Å². The first-order valence-corrected chi connectivity index (χ1v) is 11.6. The number of nitrogens with zero attached hydrogens (tertiary/aromatic N) is 1. The van der Waals surface area contributed by atoms with Gasteiger partial charge in [-0.25, -0.2) is 0 Å². The van der Waals surface area contributed by atoms with E-state index in [4.69, 9.17) is 9.15 Å². The molecule has 32 heavy (non-hydrogen) atoms. The number of hydrogen-bond donors (Lipinski definition) is 0. The SMILES string of the molecule is CCOc1ccc(C2c3c(oc4ccc(Br)cc4c3=O)C(=O)N2c2cccc(Br)c2)cc1. The highest BCUT2D eigenvalue weighted by Gasteiger charge is 2.43. The van der Waals surface area contributed by atoms with Crippen molar-refractivity contribution in [1.29, 1.82) is 0 Å². The molecule has 0 fully saturated rings. The summed E-state index contributed by atoms with van der Waals surface area (Å²) >= 11 is 6.90. The number of fused-ring (bicyclic) bond motifs is 2. The zero-order chi connectivity index (χ0) is 22.4. The van der Waals surface area contributed by atoms with Crippen molar-refractivity contribution in [2.45, 2.75) is 13.0 Å². The van der Waals surface area contributed by atoms with Gasteiger partial charge in [-0.15, -0.1) is 0 Å². The fourth-order valence-corrected chi connectivity index (χ4v) is 4.81. The molecule has 4 aromatic rings. The minimum atomic E-state index is -0.623. The largest absolute Gasteiger partial charge is 0.494 e. The number of amides is 1. The molecule has 0 radical (unpaired) electrons. The zero-order valence-corrected chi connectivity index (χ0v) is 20.1. The smallest absolute Gasteiger partial charge is 0.295 e. The summed E-state index contributed by atoms with van der Waals surface area (Å²) < 4.78 is 13.2. The second-order valence-corrected chi connectivity index (χ2v) is 9.21. The first-order chi connectivity index (χ1) is 15.5. The number of carbonyl (C=O) groups is 1. The van der Waals surface area contributed by atoms with Crippen LogP contribution in [0.4, 0.5) is 5.69 Å². The predicted molar refractivity (Wildman–Crippen MR) is 131 cm³/mol. The van der Waals surface area contributed by atoms with E-state index in [1.807, 2.05) is 55.5 Å². The summed E-state index contributed by atoms with van der Waals surface area (Å²) in [5, 5.41) is 0.429. The molecule has 5 nitrogen and oxygen atoms in total. The van der Waals surface area contributed by atoms with E-state index in [9.17, 15) is 9.59 Å². The lowest BCUT2D eigenvalue weighted by Gasteiger charge is -2.25. The molecule has 1 aliphatic heterocycles. The molecule has 0 aliphatic carbocycles. The van der Waals surface area contributed by atoms with Crippen LogP contribution in [0, 0.1) is 0 Å². The first kappa shape index (κ1) is 21.0. The molecule has 5 rings (SSSR count). The van der Waals surface area contributed by atoms with E-state index in [0.717, 1.165) is 20.3 Å². The second-order valence-electron chi connectivity index (χ2n) is 7.37. The normalized spacial score (nSPS) is 15.3. The molecule has 0 bridgehead atoms. The molecule has 2 heterocycles. The molecule has 0 saturated heterocycles. The van der Waals surface area contributed by atoms with E-state index in [-0.39, 0.29) is 17.1 Å². The average molecular weight is 555 g/mol. The third-order valence-corrected chi connectivity index (χ3v) is 6.41.